The van der Waals surface area contributed by atoms with Crippen molar-refractivity contribution in [2.75, 3.05) is 20.8 Å². The van der Waals surface area contributed by atoms with Crippen LogP contribution in [0.4, 0.5) is 0 Å². The fourth-order valence-electron chi connectivity index (χ4n) is 2.49. The maximum absolute atomic E-state index is 5.24. The summed E-state index contributed by atoms with van der Waals surface area (Å²) in [7, 11) is 3.45. The van der Waals surface area contributed by atoms with Crippen LogP contribution in [-0.2, 0) is 29.0 Å². The van der Waals surface area contributed by atoms with Crippen molar-refractivity contribution in [1.29, 1.82) is 0 Å². The van der Waals surface area contributed by atoms with E-state index in [1.165, 1.54) is 30.6 Å². The highest BCUT2D eigenvalue weighted by molar-refractivity contribution is 7.11. The molecule has 0 unspecified atom stereocenters. The predicted molar refractivity (Wildman–Crippen MR) is 77.5 cm³/mol. The number of rotatable bonds is 8. The van der Waals surface area contributed by atoms with Crippen LogP contribution >= 0.6 is 11.3 Å². The van der Waals surface area contributed by atoms with Gasteiger partial charge >= 0.3 is 0 Å². The molecule has 1 fully saturated rings. The Hall–Kier alpha value is -0.490. The summed E-state index contributed by atoms with van der Waals surface area (Å²) >= 11 is 1.79. The lowest BCUT2D eigenvalue weighted by atomic mass is 10.2. The lowest BCUT2D eigenvalue weighted by molar-refractivity contribution is 0.180. The van der Waals surface area contributed by atoms with Gasteiger partial charge in [-0.05, 0) is 12.8 Å². The van der Waals surface area contributed by atoms with Gasteiger partial charge in [-0.1, -0.05) is 12.8 Å². The molecule has 0 amide bonds. The summed E-state index contributed by atoms with van der Waals surface area (Å²) in [5, 5.41) is 4.80. The molecule has 5 heteroatoms. The molecule has 4 nitrogen and oxygen atoms in total. The van der Waals surface area contributed by atoms with Crippen LogP contribution in [0.25, 0.3) is 0 Å². The van der Waals surface area contributed by atoms with E-state index < -0.39 is 0 Å². The molecule has 2 rings (SSSR count). The number of thiazole rings is 1. The van der Waals surface area contributed by atoms with E-state index in [1.54, 1.807) is 25.6 Å². The summed E-state index contributed by atoms with van der Waals surface area (Å²) in [5.41, 5.74) is 1.09. The van der Waals surface area contributed by atoms with Crippen molar-refractivity contribution in [3.05, 3.63) is 15.6 Å². The van der Waals surface area contributed by atoms with E-state index >= 15 is 0 Å². The topological polar surface area (TPSA) is 43.4 Å². The highest BCUT2D eigenvalue weighted by Gasteiger charge is 2.16. The third-order valence-electron chi connectivity index (χ3n) is 3.53. The fourth-order valence-corrected chi connectivity index (χ4v) is 3.49. The Morgan fingerprint density at radius 3 is 2.74 bits per heavy atom. The van der Waals surface area contributed by atoms with E-state index in [0.717, 1.165) is 30.3 Å². The molecule has 0 saturated heterocycles. The van der Waals surface area contributed by atoms with Crippen molar-refractivity contribution in [2.24, 2.45) is 0 Å². The largest absolute Gasteiger partial charge is 0.384 e. The molecule has 0 bridgehead atoms. The minimum atomic E-state index is 0.602. The van der Waals surface area contributed by atoms with Gasteiger partial charge in [0.2, 0.25) is 0 Å². The Morgan fingerprint density at radius 2 is 2.05 bits per heavy atom. The third kappa shape index (κ3) is 4.53. The quantitative estimate of drug-likeness (QED) is 0.796. The molecule has 0 radical (unpaired) electrons. The summed E-state index contributed by atoms with van der Waals surface area (Å²) in [6.45, 7) is 2.26. The first-order valence-corrected chi connectivity index (χ1v) is 7.84. The van der Waals surface area contributed by atoms with Gasteiger partial charge in [0.05, 0.1) is 23.9 Å². The van der Waals surface area contributed by atoms with Gasteiger partial charge in [0.15, 0.2) is 0 Å². The van der Waals surface area contributed by atoms with Gasteiger partial charge < -0.3 is 14.8 Å². The molecule has 0 aromatic carbocycles. The van der Waals surface area contributed by atoms with E-state index in [9.17, 15) is 0 Å². The van der Waals surface area contributed by atoms with E-state index in [1.807, 2.05) is 0 Å². The SMILES string of the molecule is COCCc1nc(COC)c(CNC2CCCC2)s1. The van der Waals surface area contributed by atoms with Crippen LogP contribution in [0.2, 0.25) is 0 Å². The van der Waals surface area contributed by atoms with Crippen molar-refractivity contribution in [3.63, 3.8) is 0 Å². The number of aromatic nitrogens is 1. The van der Waals surface area contributed by atoms with Gasteiger partial charge in [-0.15, -0.1) is 11.3 Å². The molecule has 108 valence electrons. The summed E-state index contributed by atoms with van der Waals surface area (Å²) in [6, 6.07) is 0.694. The molecule has 1 aliphatic rings. The molecule has 0 aliphatic heterocycles. The van der Waals surface area contributed by atoms with Crippen LogP contribution in [0.1, 0.15) is 41.3 Å². The third-order valence-corrected chi connectivity index (χ3v) is 4.69. The van der Waals surface area contributed by atoms with Gasteiger partial charge in [-0.2, -0.15) is 0 Å². The number of ether oxygens (including phenoxy) is 2. The highest BCUT2D eigenvalue weighted by atomic mass is 32.1. The van der Waals surface area contributed by atoms with Gasteiger partial charge in [0, 0.05) is 38.1 Å². The van der Waals surface area contributed by atoms with Gasteiger partial charge in [0.1, 0.15) is 0 Å². The number of hydrogen-bond acceptors (Lipinski definition) is 5. The van der Waals surface area contributed by atoms with Crippen LogP contribution in [0.5, 0.6) is 0 Å². The second-order valence-electron chi connectivity index (χ2n) is 5.02. The van der Waals surface area contributed by atoms with Gasteiger partial charge in [-0.3, -0.25) is 0 Å². The van der Waals surface area contributed by atoms with Gasteiger partial charge in [-0.25, -0.2) is 4.98 Å². The van der Waals surface area contributed by atoms with E-state index in [4.69, 9.17) is 9.47 Å². The Bertz CT molecular complexity index is 376. The molecular weight excluding hydrogens is 260 g/mol. The van der Waals surface area contributed by atoms with Crippen LogP contribution < -0.4 is 5.32 Å². The zero-order valence-corrected chi connectivity index (χ0v) is 12.7. The Kier molecular flexibility index (Phi) is 6.23. The zero-order chi connectivity index (χ0) is 13.5. The first kappa shape index (κ1) is 14.9. The number of nitrogens with one attached hydrogen (secondary N) is 1. The normalized spacial score (nSPS) is 16.3. The fraction of sp³-hybridized carbons (Fsp3) is 0.786. The molecule has 0 spiro atoms. The maximum atomic E-state index is 5.24. The number of nitrogens with zero attached hydrogens (tertiary/aromatic N) is 1. The van der Waals surface area contributed by atoms with Crippen molar-refractivity contribution in [3.8, 4) is 0 Å². The van der Waals surface area contributed by atoms with Crippen LogP contribution in [-0.4, -0.2) is 31.9 Å². The molecule has 0 atom stereocenters. The Morgan fingerprint density at radius 1 is 1.26 bits per heavy atom. The maximum Gasteiger partial charge on any atom is 0.0955 e. The predicted octanol–water partition coefficient (Wildman–Crippen LogP) is 2.51. The molecule has 1 N–H and O–H groups in total. The van der Waals surface area contributed by atoms with Crippen molar-refractivity contribution < 1.29 is 9.47 Å². The van der Waals surface area contributed by atoms with E-state index in [2.05, 4.69) is 10.3 Å². The molecular formula is C14H24N2O2S. The first-order valence-electron chi connectivity index (χ1n) is 7.02. The molecule has 1 aromatic rings. The molecule has 1 aliphatic carbocycles. The summed E-state index contributed by atoms with van der Waals surface area (Å²) in [5.74, 6) is 0. The van der Waals surface area contributed by atoms with Crippen LogP contribution in [0, 0.1) is 0 Å². The second-order valence-corrected chi connectivity index (χ2v) is 6.18. The van der Waals surface area contributed by atoms with Crippen molar-refractivity contribution in [2.45, 2.75) is 51.3 Å². The molecule has 1 aromatic heterocycles. The van der Waals surface area contributed by atoms with Crippen LogP contribution in [0.15, 0.2) is 0 Å². The lowest BCUT2D eigenvalue weighted by Gasteiger charge is -2.11. The smallest absolute Gasteiger partial charge is 0.0955 e. The number of methoxy groups -OCH3 is 2. The van der Waals surface area contributed by atoms with Crippen LogP contribution in [0.3, 0.4) is 0 Å². The lowest BCUT2D eigenvalue weighted by Crippen LogP contribution is -2.25. The minimum Gasteiger partial charge on any atom is -0.384 e. The number of hydrogen-bond donors (Lipinski definition) is 1. The zero-order valence-electron chi connectivity index (χ0n) is 11.9. The highest BCUT2D eigenvalue weighted by Crippen LogP contribution is 2.22. The van der Waals surface area contributed by atoms with Crippen molar-refractivity contribution >= 4 is 11.3 Å². The first-order chi connectivity index (χ1) is 9.33. The molecule has 1 saturated carbocycles. The van der Waals surface area contributed by atoms with E-state index in [-0.39, 0.29) is 0 Å². The average Bonchev–Trinajstić information content (AvgIpc) is 3.04. The van der Waals surface area contributed by atoms with Gasteiger partial charge in [0.25, 0.3) is 0 Å². The summed E-state index contributed by atoms with van der Waals surface area (Å²) in [6.07, 6.45) is 6.25. The van der Waals surface area contributed by atoms with E-state index in [0.29, 0.717) is 12.6 Å². The summed E-state index contributed by atoms with van der Waals surface area (Å²) in [4.78, 5) is 5.98. The minimum absolute atomic E-state index is 0.602. The standard InChI is InChI=1S/C14H24N2O2S/c1-17-8-7-14-16-12(10-18-2)13(19-14)9-15-11-5-3-4-6-11/h11,15H,3-10H2,1-2H3. The monoisotopic (exact) mass is 284 g/mol. The summed E-state index contributed by atoms with van der Waals surface area (Å²) < 4.78 is 10.4. The molecule has 19 heavy (non-hydrogen) atoms. The molecule has 1 heterocycles. The second kappa shape index (κ2) is 7.94. The van der Waals surface area contributed by atoms with Crippen molar-refractivity contribution in [1.82, 2.24) is 10.3 Å². The Balaban J connectivity index is 1.93. The average molecular weight is 284 g/mol. The Labute approximate surface area is 119 Å².